The number of allylic oxidation sites excluding steroid dienone is 4. The molecule has 1 atom stereocenters. The normalized spacial score (nSPS) is 18.8. The molecule has 1 rings (SSSR count). The van der Waals surface area contributed by atoms with Crippen LogP contribution in [0.1, 0.15) is 45.4 Å². The van der Waals surface area contributed by atoms with Crippen molar-refractivity contribution in [1.82, 2.24) is 5.32 Å². The number of amides is 1. The van der Waals surface area contributed by atoms with Crippen molar-refractivity contribution in [3.8, 4) is 0 Å². The van der Waals surface area contributed by atoms with E-state index in [0.29, 0.717) is 12.3 Å². The molecule has 1 aliphatic rings. The van der Waals surface area contributed by atoms with E-state index in [4.69, 9.17) is 0 Å². The number of hydrogen-bond acceptors (Lipinski definition) is 2. The third-order valence-corrected chi connectivity index (χ3v) is 3.70. The second-order valence-electron chi connectivity index (χ2n) is 5.44. The van der Waals surface area contributed by atoms with E-state index in [1.54, 1.807) is 6.08 Å². The molecule has 1 aliphatic carbocycles. The van der Waals surface area contributed by atoms with Gasteiger partial charge in [-0.15, -0.1) is 0 Å². The van der Waals surface area contributed by atoms with E-state index in [-0.39, 0.29) is 11.9 Å². The van der Waals surface area contributed by atoms with Crippen LogP contribution in [0.2, 0.25) is 0 Å². The minimum absolute atomic E-state index is 0.0755. The molecule has 1 fully saturated rings. The van der Waals surface area contributed by atoms with Gasteiger partial charge in [-0.2, -0.15) is 0 Å². The lowest BCUT2D eigenvalue weighted by molar-refractivity contribution is -0.124. The molecule has 1 saturated carbocycles. The maximum Gasteiger partial charge on any atom is 0.224 e. The summed E-state index contributed by atoms with van der Waals surface area (Å²) < 4.78 is 0. The fourth-order valence-electron chi connectivity index (χ4n) is 2.60. The van der Waals surface area contributed by atoms with Gasteiger partial charge in [0.15, 0.2) is 0 Å². The summed E-state index contributed by atoms with van der Waals surface area (Å²) in [5, 5.41) is 2.87. The molecular formula is C17H25NO2. The van der Waals surface area contributed by atoms with Gasteiger partial charge in [-0.1, -0.05) is 55.7 Å². The molecule has 0 radical (unpaired) electrons. The smallest absolute Gasteiger partial charge is 0.224 e. The first-order valence-electron chi connectivity index (χ1n) is 7.37. The molecule has 0 aliphatic heterocycles. The summed E-state index contributed by atoms with van der Waals surface area (Å²) in [6.45, 7) is 5.49. The molecular weight excluding hydrogens is 250 g/mol. The Morgan fingerprint density at radius 3 is 2.60 bits per heavy atom. The molecule has 110 valence electrons. The maximum atomic E-state index is 11.9. The molecule has 3 nitrogen and oxygen atoms in total. The zero-order chi connectivity index (χ0) is 14.8. The zero-order valence-electron chi connectivity index (χ0n) is 12.3. The van der Waals surface area contributed by atoms with Crippen LogP contribution >= 0.6 is 0 Å². The van der Waals surface area contributed by atoms with Crippen molar-refractivity contribution < 1.29 is 9.59 Å². The number of carbonyl (C=O) groups is 2. The molecule has 20 heavy (non-hydrogen) atoms. The van der Waals surface area contributed by atoms with E-state index < -0.39 is 0 Å². The number of carbonyl (C=O) groups excluding carboxylic acids is 2. The van der Waals surface area contributed by atoms with Crippen LogP contribution in [-0.2, 0) is 9.59 Å². The topological polar surface area (TPSA) is 46.2 Å². The summed E-state index contributed by atoms with van der Waals surface area (Å²) in [7, 11) is 0. The Bertz CT molecular complexity index is 390. The van der Waals surface area contributed by atoms with Crippen molar-refractivity contribution in [2.75, 3.05) is 0 Å². The number of aldehydes is 1. The molecule has 1 N–H and O–H groups in total. The van der Waals surface area contributed by atoms with Crippen LogP contribution in [0.15, 0.2) is 36.5 Å². The monoisotopic (exact) mass is 275 g/mol. The molecule has 0 heterocycles. The van der Waals surface area contributed by atoms with E-state index in [0.717, 1.165) is 37.5 Å². The molecule has 0 spiro atoms. The summed E-state index contributed by atoms with van der Waals surface area (Å²) in [6.07, 6.45) is 14.1. The zero-order valence-corrected chi connectivity index (χ0v) is 12.3. The fourth-order valence-corrected chi connectivity index (χ4v) is 2.60. The van der Waals surface area contributed by atoms with Crippen LogP contribution in [0.4, 0.5) is 0 Å². The van der Waals surface area contributed by atoms with Crippen molar-refractivity contribution >= 4 is 12.2 Å². The molecule has 1 unspecified atom stereocenters. The highest BCUT2D eigenvalue weighted by Gasteiger charge is 2.24. The van der Waals surface area contributed by atoms with E-state index in [2.05, 4.69) is 11.9 Å². The first-order valence-corrected chi connectivity index (χ1v) is 7.37. The van der Waals surface area contributed by atoms with Crippen LogP contribution in [0.5, 0.6) is 0 Å². The van der Waals surface area contributed by atoms with E-state index in [9.17, 15) is 9.59 Å². The van der Waals surface area contributed by atoms with E-state index in [1.807, 2.05) is 25.2 Å². The molecule has 1 amide bonds. The van der Waals surface area contributed by atoms with Gasteiger partial charge in [-0.05, 0) is 25.7 Å². The Morgan fingerprint density at radius 1 is 1.30 bits per heavy atom. The minimum atomic E-state index is -0.320. The molecule has 0 bridgehead atoms. The number of rotatable bonds is 7. The SMILES string of the molecule is C=C/C=C\C=C(/C)CC(=O)NC(C=O)C1CCCCC1. The highest BCUT2D eigenvalue weighted by molar-refractivity contribution is 5.81. The average Bonchev–Trinajstić information content (AvgIpc) is 2.46. The van der Waals surface area contributed by atoms with Gasteiger partial charge in [0, 0.05) is 6.42 Å². The Labute approximate surface area is 121 Å². The van der Waals surface area contributed by atoms with Crippen LogP contribution in [0, 0.1) is 5.92 Å². The number of hydrogen-bond donors (Lipinski definition) is 1. The second-order valence-corrected chi connectivity index (χ2v) is 5.44. The van der Waals surface area contributed by atoms with Crippen molar-refractivity contribution in [1.29, 1.82) is 0 Å². The van der Waals surface area contributed by atoms with Crippen molar-refractivity contribution in [2.45, 2.75) is 51.5 Å². The third-order valence-electron chi connectivity index (χ3n) is 3.70. The maximum absolute atomic E-state index is 11.9. The Morgan fingerprint density at radius 2 is 2.00 bits per heavy atom. The van der Waals surface area contributed by atoms with Crippen molar-refractivity contribution in [3.05, 3.63) is 36.5 Å². The predicted octanol–water partition coefficient (Wildman–Crippen LogP) is 3.33. The van der Waals surface area contributed by atoms with Crippen LogP contribution < -0.4 is 5.32 Å². The van der Waals surface area contributed by atoms with Gasteiger partial charge in [-0.3, -0.25) is 4.79 Å². The summed E-state index contributed by atoms with van der Waals surface area (Å²) in [4.78, 5) is 23.1. The first kappa shape index (κ1) is 16.4. The summed E-state index contributed by atoms with van der Waals surface area (Å²) in [5.41, 5.74) is 0.967. The van der Waals surface area contributed by atoms with Gasteiger partial charge in [0.2, 0.25) is 5.91 Å². The van der Waals surface area contributed by atoms with Gasteiger partial charge < -0.3 is 10.1 Å². The average molecular weight is 275 g/mol. The van der Waals surface area contributed by atoms with Crippen LogP contribution in [0.25, 0.3) is 0 Å². The lowest BCUT2D eigenvalue weighted by Gasteiger charge is -2.27. The second kappa shape index (κ2) is 9.29. The summed E-state index contributed by atoms with van der Waals surface area (Å²) >= 11 is 0. The van der Waals surface area contributed by atoms with Crippen molar-refractivity contribution in [3.63, 3.8) is 0 Å². The van der Waals surface area contributed by atoms with E-state index >= 15 is 0 Å². The summed E-state index contributed by atoms with van der Waals surface area (Å²) in [5.74, 6) is 0.239. The standard InChI is InChI=1S/C17H25NO2/c1-3-4-6-9-14(2)12-17(20)18-16(13-19)15-10-7-5-8-11-15/h3-4,6,9,13,15-16H,1,5,7-8,10-12H2,2H3,(H,18,20)/b6-4-,14-9+. The summed E-state index contributed by atoms with van der Waals surface area (Å²) in [6, 6.07) is -0.320. The van der Waals surface area contributed by atoms with Gasteiger partial charge >= 0.3 is 0 Å². The molecule has 0 aromatic carbocycles. The first-order chi connectivity index (χ1) is 9.67. The van der Waals surface area contributed by atoms with Gasteiger partial charge in [0.1, 0.15) is 6.29 Å². The van der Waals surface area contributed by atoms with Crippen LogP contribution in [-0.4, -0.2) is 18.2 Å². The molecule has 3 heteroatoms. The van der Waals surface area contributed by atoms with Crippen molar-refractivity contribution in [2.24, 2.45) is 5.92 Å². The Balaban J connectivity index is 2.46. The predicted molar refractivity (Wildman–Crippen MR) is 82.3 cm³/mol. The minimum Gasteiger partial charge on any atom is -0.346 e. The van der Waals surface area contributed by atoms with E-state index in [1.165, 1.54) is 6.42 Å². The quantitative estimate of drug-likeness (QED) is 0.572. The van der Waals surface area contributed by atoms with Gasteiger partial charge in [0.25, 0.3) is 0 Å². The molecule has 0 aromatic rings. The highest BCUT2D eigenvalue weighted by atomic mass is 16.2. The lowest BCUT2D eigenvalue weighted by Crippen LogP contribution is -2.42. The fraction of sp³-hybridized carbons (Fsp3) is 0.529. The Kier molecular flexibility index (Phi) is 7.63. The number of nitrogens with one attached hydrogen (secondary N) is 1. The lowest BCUT2D eigenvalue weighted by atomic mass is 9.84. The molecule has 0 aromatic heterocycles. The highest BCUT2D eigenvalue weighted by Crippen LogP contribution is 2.25. The third kappa shape index (κ3) is 6.00. The van der Waals surface area contributed by atoms with Gasteiger partial charge in [-0.25, -0.2) is 0 Å². The van der Waals surface area contributed by atoms with Gasteiger partial charge in [0.05, 0.1) is 6.04 Å². The van der Waals surface area contributed by atoms with Crippen LogP contribution in [0.3, 0.4) is 0 Å². The molecule has 0 saturated heterocycles. The largest absolute Gasteiger partial charge is 0.346 e. The Hall–Kier alpha value is -1.64.